The third kappa shape index (κ3) is 4.65. The van der Waals surface area contributed by atoms with Crippen molar-refractivity contribution in [3.63, 3.8) is 0 Å². The molecule has 0 spiro atoms. The Labute approximate surface area is 192 Å². The standard InChI is InChI=1S/C22H25N5O5S/c1-15-4-7-18(8-5-15)21-23-22(32-24-21)17(3)25-10-12-26(13-11-25)33(30,31)19-9-6-16(2)20(14-19)27(28)29/h4-9,14,17H,10-13H2,1-3H3. The summed E-state index contributed by atoms with van der Waals surface area (Å²) in [5.41, 5.74) is 2.22. The zero-order valence-electron chi connectivity index (χ0n) is 18.6. The minimum absolute atomic E-state index is 0.0686. The summed E-state index contributed by atoms with van der Waals surface area (Å²) in [6.45, 7) is 6.98. The van der Waals surface area contributed by atoms with Crippen molar-refractivity contribution in [2.45, 2.75) is 31.7 Å². The lowest BCUT2D eigenvalue weighted by Crippen LogP contribution is -2.49. The molecule has 1 aliphatic rings. The van der Waals surface area contributed by atoms with Crippen molar-refractivity contribution in [2.75, 3.05) is 26.2 Å². The van der Waals surface area contributed by atoms with Crippen LogP contribution in [0.25, 0.3) is 11.4 Å². The molecule has 4 rings (SSSR count). The number of hydrogen-bond acceptors (Lipinski definition) is 8. The molecule has 1 unspecified atom stereocenters. The number of sulfonamides is 1. The molecule has 10 nitrogen and oxygen atoms in total. The maximum absolute atomic E-state index is 13.0. The molecule has 0 aliphatic carbocycles. The first kappa shape index (κ1) is 23.0. The van der Waals surface area contributed by atoms with Gasteiger partial charge in [-0.25, -0.2) is 8.42 Å². The molecule has 3 aromatic rings. The average molecular weight is 472 g/mol. The van der Waals surface area contributed by atoms with Crippen LogP contribution in [0.3, 0.4) is 0 Å². The predicted octanol–water partition coefficient (Wildman–Crippen LogP) is 3.33. The Balaban J connectivity index is 1.44. The van der Waals surface area contributed by atoms with Crippen LogP contribution in [0.1, 0.15) is 30.0 Å². The Kier molecular flexibility index (Phi) is 6.28. The largest absolute Gasteiger partial charge is 0.337 e. The normalized spacial score (nSPS) is 16.6. The van der Waals surface area contributed by atoms with E-state index in [1.165, 1.54) is 16.4 Å². The SMILES string of the molecule is Cc1ccc(-c2noc(C(C)N3CCN(S(=O)(=O)c4ccc(C)c([N+](=O)[O-])c4)CC3)n2)cc1. The number of rotatable bonds is 6. The van der Waals surface area contributed by atoms with Crippen molar-refractivity contribution < 1.29 is 17.9 Å². The van der Waals surface area contributed by atoms with E-state index in [2.05, 4.69) is 15.0 Å². The molecule has 1 atom stereocenters. The molecule has 0 saturated carbocycles. The molecule has 0 amide bonds. The van der Waals surface area contributed by atoms with Gasteiger partial charge in [0.15, 0.2) is 0 Å². The van der Waals surface area contributed by atoms with Crippen LogP contribution in [0.2, 0.25) is 0 Å². The molecule has 2 heterocycles. The second-order valence-electron chi connectivity index (χ2n) is 8.14. The Morgan fingerprint density at radius 3 is 2.36 bits per heavy atom. The van der Waals surface area contributed by atoms with Gasteiger partial charge in [0.25, 0.3) is 5.69 Å². The summed E-state index contributed by atoms with van der Waals surface area (Å²) >= 11 is 0. The molecular weight excluding hydrogens is 446 g/mol. The summed E-state index contributed by atoms with van der Waals surface area (Å²) in [5, 5.41) is 15.3. The molecule has 33 heavy (non-hydrogen) atoms. The molecule has 174 valence electrons. The van der Waals surface area contributed by atoms with Gasteiger partial charge in [-0.05, 0) is 26.8 Å². The average Bonchev–Trinajstić information content (AvgIpc) is 3.29. The maximum atomic E-state index is 13.0. The van der Waals surface area contributed by atoms with Crippen LogP contribution in [0.15, 0.2) is 51.9 Å². The second kappa shape index (κ2) is 9.00. The number of hydrogen-bond donors (Lipinski definition) is 0. The van der Waals surface area contributed by atoms with E-state index in [1.807, 2.05) is 38.1 Å². The highest BCUT2D eigenvalue weighted by Crippen LogP contribution is 2.27. The Morgan fingerprint density at radius 2 is 1.73 bits per heavy atom. The van der Waals surface area contributed by atoms with Crippen LogP contribution >= 0.6 is 0 Å². The second-order valence-corrected chi connectivity index (χ2v) is 10.1. The van der Waals surface area contributed by atoms with Gasteiger partial charge >= 0.3 is 0 Å². The first-order valence-electron chi connectivity index (χ1n) is 10.6. The van der Waals surface area contributed by atoms with Gasteiger partial charge in [-0.3, -0.25) is 15.0 Å². The lowest BCUT2D eigenvalue weighted by Gasteiger charge is -2.36. The minimum atomic E-state index is -3.83. The molecule has 1 fully saturated rings. The smallest absolute Gasteiger partial charge is 0.273 e. The maximum Gasteiger partial charge on any atom is 0.273 e. The summed E-state index contributed by atoms with van der Waals surface area (Å²) < 4.78 is 32.9. The van der Waals surface area contributed by atoms with E-state index < -0.39 is 14.9 Å². The summed E-state index contributed by atoms with van der Waals surface area (Å²) in [4.78, 5) is 17.2. The summed E-state index contributed by atoms with van der Waals surface area (Å²) in [6, 6.07) is 11.7. The summed E-state index contributed by atoms with van der Waals surface area (Å²) in [5.74, 6) is 0.982. The van der Waals surface area contributed by atoms with E-state index in [0.717, 1.165) is 17.2 Å². The highest BCUT2D eigenvalue weighted by molar-refractivity contribution is 7.89. The van der Waals surface area contributed by atoms with E-state index in [1.54, 1.807) is 6.92 Å². The van der Waals surface area contributed by atoms with Crippen LogP contribution in [0.4, 0.5) is 5.69 Å². The highest BCUT2D eigenvalue weighted by atomic mass is 32.2. The molecule has 1 saturated heterocycles. The van der Waals surface area contributed by atoms with Gasteiger partial charge < -0.3 is 4.52 Å². The van der Waals surface area contributed by atoms with Crippen molar-refractivity contribution in [3.05, 3.63) is 69.6 Å². The number of aryl methyl sites for hydroxylation is 2. The first-order valence-corrected chi connectivity index (χ1v) is 12.0. The number of nitrogens with zero attached hydrogens (tertiary/aromatic N) is 5. The topological polar surface area (TPSA) is 123 Å². The van der Waals surface area contributed by atoms with Crippen molar-refractivity contribution in [1.82, 2.24) is 19.3 Å². The van der Waals surface area contributed by atoms with Gasteiger partial charge in [0.2, 0.25) is 21.7 Å². The molecule has 0 bridgehead atoms. The number of nitro groups is 1. The Morgan fingerprint density at radius 1 is 1.06 bits per heavy atom. The molecule has 11 heteroatoms. The fourth-order valence-corrected chi connectivity index (χ4v) is 5.25. The van der Waals surface area contributed by atoms with Gasteiger partial charge in [0, 0.05) is 43.4 Å². The van der Waals surface area contributed by atoms with E-state index in [4.69, 9.17) is 4.52 Å². The zero-order chi connectivity index (χ0) is 23.8. The quantitative estimate of drug-likeness (QED) is 0.396. The van der Waals surface area contributed by atoms with Crippen molar-refractivity contribution in [2.24, 2.45) is 0 Å². The van der Waals surface area contributed by atoms with Gasteiger partial charge in [-0.2, -0.15) is 9.29 Å². The third-order valence-corrected chi connectivity index (χ3v) is 7.84. The van der Waals surface area contributed by atoms with Gasteiger partial charge in [-0.15, -0.1) is 0 Å². The summed E-state index contributed by atoms with van der Waals surface area (Å²) in [6.07, 6.45) is 0. The third-order valence-electron chi connectivity index (χ3n) is 5.94. The van der Waals surface area contributed by atoms with Crippen LogP contribution in [-0.4, -0.2) is 58.9 Å². The number of nitro benzene ring substituents is 1. The zero-order valence-corrected chi connectivity index (χ0v) is 19.4. The van der Waals surface area contributed by atoms with Crippen molar-refractivity contribution >= 4 is 15.7 Å². The Hall–Kier alpha value is -3.15. The number of piperazine rings is 1. The number of aromatic nitrogens is 2. The van der Waals surface area contributed by atoms with Crippen LogP contribution in [0, 0.1) is 24.0 Å². The molecule has 0 N–H and O–H groups in total. The van der Waals surface area contributed by atoms with Gasteiger partial charge in [0.1, 0.15) is 0 Å². The Bertz CT molecular complexity index is 1260. The minimum Gasteiger partial charge on any atom is -0.337 e. The first-order chi connectivity index (χ1) is 15.7. The van der Waals surface area contributed by atoms with E-state index >= 15 is 0 Å². The van der Waals surface area contributed by atoms with E-state index in [9.17, 15) is 18.5 Å². The van der Waals surface area contributed by atoms with Gasteiger partial charge in [-0.1, -0.05) is 41.1 Å². The van der Waals surface area contributed by atoms with Crippen LogP contribution in [-0.2, 0) is 10.0 Å². The number of benzene rings is 2. The fourth-order valence-electron chi connectivity index (χ4n) is 3.81. The van der Waals surface area contributed by atoms with E-state index in [0.29, 0.717) is 30.4 Å². The molecular formula is C22H25N5O5S. The molecule has 1 aromatic heterocycles. The fraction of sp³-hybridized carbons (Fsp3) is 0.364. The molecule has 0 radical (unpaired) electrons. The summed E-state index contributed by atoms with van der Waals surface area (Å²) in [7, 11) is -3.83. The van der Waals surface area contributed by atoms with E-state index in [-0.39, 0.29) is 29.7 Å². The van der Waals surface area contributed by atoms with Gasteiger partial charge in [0.05, 0.1) is 15.9 Å². The molecule has 1 aliphatic heterocycles. The van der Waals surface area contributed by atoms with Crippen molar-refractivity contribution in [1.29, 1.82) is 0 Å². The predicted molar refractivity (Wildman–Crippen MR) is 121 cm³/mol. The lowest BCUT2D eigenvalue weighted by atomic mass is 10.1. The van der Waals surface area contributed by atoms with Crippen LogP contribution in [0.5, 0.6) is 0 Å². The molecule has 2 aromatic carbocycles. The van der Waals surface area contributed by atoms with Crippen LogP contribution < -0.4 is 0 Å². The monoisotopic (exact) mass is 471 g/mol. The highest BCUT2D eigenvalue weighted by Gasteiger charge is 2.33. The van der Waals surface area contributed by atoms with Crippen molar-refractivity contribution in [3.8, 4) is 11.4 Å². The lowest BCUT2D eigenvalue weighted by molar-refractivity contribution is -0.385.